The number of nitrogens with zero attached hydrogens (tertiary/aromatic N) is 3. The Balaban J connectivity index is 1.47. The van der Waals surface area contributed by atoms with Crippen LogP contribution in [0, 0.1) is 12.3 Å². The van der Waals surface area contributed by atoms with Gasteiger partial charge in [0.1, 0.15) is 11.8 Å². The summed E-state index contributed by atoms with van der Waals surface area (Å²) in [5, 5.41) is 13.8. The van der Waals surface area contributed by atoms with Crippen LogP contribution in [-0.4, -0.2) is 46.8 Å². The number of ether oxygens (including phenoxy) is 1. The fourth-order valence-corrected chi connectivity index (χ4v) is 5.04. The lowest BCUT2D eigenvalue weighted by Crippen LogP contribution is -2.58. The molecule has 2 aliphatic rings. The first-order valence-corrected chi connectivity index (χ1v) is 11.9. The van der Waals surface area contributed by atoms with Crippen molar-refractivity contribution in [2.75, 3.05) is 30.0 Å². The Morgan fingerprint density at radius 1 is 1.19 bits per heavy atom. The zero-order chi connectivity index (χ0) is 26.5. The molecule has 37 heavy (non-hydrogen) atoms. The quantitative estimate of drug-likeness (QED) is 0.514. The molecular weight excluding hydrogens is 485 g/mol. The smallest absolute Gasteiger partial charge is 0.386 e. The van der Waals surface area contributed by atoms with Crippen molar-refractivity contribution in [2.24, 2.45) is 5.41 Å². The average Bonchev–Trinajstić information content (AvgIpc) is 2.88. The molecule has 3 aromatic rings. The molecule has 194 valence electrons. The van der Waals surface area contributed by atoms with Gasteiger partial charge in [-0.3, -0.25) is 14.8 Å². The van der Waals surface area contributed by atoms with Crippen molar-refractivity contribution in [3.8, 4) is 11.1 Å². The molecule has 1 amide bonds. The molecule has 7 nitrogen and oxygen atoms in total. The second-order valence-electron chi connectivity index (χ2n) is 10.0. The number of morpholine rings is 1. The van der Waals surface area contributed by atoms with Crippen LogP contribution in [0.15, 0.2) is 48.8 Å². The number of pyridine rings is 2. The number of amides is 1. The lowest BCUT2D eigenvalue weighted by Gasteiger charge is -2.52. The van der Waals surface area contributed by atoms with Gasteiger partial charge < -0.3 is 20.1 Å². The highest BCUT2D eigenvalue weighted by atomic mass is 19.4. The first-order valence-electron chi connectivity index (χ1n) is 11.9. The molecule has 0 bridgehead atoms. The highest BCUT2D eigenvalue weighted by Gasteiger charge is 2.48. The number of carbonyl (C=O) groups is 1. The normalized spacial score (nSPS) is 20.7. The number of hydrogen-bond acceptors (Lipinski definition) is 6. The Morgan fingerprint density at radius 2 is 1.97 bits per heavy atom. The van der Waals surface area contributed by atoms with E-state index in [1.807, 2.05) is 32.9 Å². The van der Waals surface area contributed by atoms with Gasteiger partial charge in [0.15, 0.2) is 0 Å². The average molecular weight is 513 g/mol. The van der Waals surface area contributed by atoms with Gasteiger partial charge in [-0.05, 0) is 48.4 Å². The Kier molecular flexibility index (Phi) is 6.19. The Labute approximate surface area is 212 Å². The van der Waals surface area contributed by atoms with E-state index in [9.17, 15) is 23.1 Å². The maximum absolute atomic E-state index is 13.0. The summed E-state index contributed by atoms with van der Waals surface area (Å²) in [6, 6.07) is 9.23. The number of aryl methyl sites for hydroxylation is 1. The zero-order valence-corrected chi connectivity index (χ0v) is 20.6. The molecule has 2 aliphatic heterocycles. The number of aromatic nitrogens is 2. The Bertz CT molecular complexity index is 1360. The van der Waals surface area contributed by atoms with Crippen molar-refractivity contribution in [1.82, 2.24) is 9.97 Å². The van der Waals surface area contributed by atoms with Crippen molar-refractivity contribution in [2.45, 2.75) is 39.1 Å². The fraction of sp³-hybridized carbons (Fsp3) is 0.370. The molecule has 10 heteroatoms. The summed E-state index contributed by atoms with van der Waals surface area (Å²) in [5.74, 6) is -0.673. The molecular formula is C27H27F3N4O3. The van der Waals surface area contributed by atoms with Crippen LogP contribution >= 0.6 is 0 Å². The molecule has 2 unspecified atom stereocenters. The molecule has 5 rings (SSSR count). The summed E-state index contributed by atoms with van der Waals surface area (Å²) in [5.41, 5.74) is 2.72. The lowest BCUT2D eigenvalue weighted by molar-refractivity contribution is -0.141. The maximum Gasteiger partial charge on any atom is 0.433 e. The molecule has 1 saturated heterocycles. The number of halogens is 3. The Morgan fingerprint density at radius 3 is 2.73 bits per heavy atom. The number of alkyl halides is 3. The van der Waals surface area contributed by atoms with Gasteiger partial charge in [0.2, 0.25) is 0 Å². The number of nitrogens with one attached hydrogen (secondary N) is 1. The van der Waals surface area contributed by atoms with Crippen LogP contribution in [0.3, 0.4) is 0 Å². The SMILES string of the molecule is Cc1ccc(NC(=O)c2ccnc(C(F)(F)F)c2)cc1-c1cnc2c(c1)N1CCOCC1C(C)(C)C2O. The van der Waals surface area contributed by atoms with Gasteiger partial charge in [0, 0.05) is 41.2 Å². The predicted octanol–water partition coefficient (Wildman–Crippen LogP) is 5.00. The van der Waals surface area contributed by atoms with Crippen LogP contribution in [0.4, 0.5) is 24.5 Å². The van der Waals surface area contributed by atoms with E-state index in [-0.39, 0.29) is 11.6 Å². The van der Waals surface area contributed by atoms with Crippen LogP contribution in [0.25, 0.3) is 11.1 Å². The minimum absolute atomic E-state index is 0.00512. The van der Waals surface area contributed by atoms with Crippen LogP contribution in [0.5, 0.6) is 0 Å². The van der Waals surface area contributed by atoms with Gasteiger partial charge in [-0.15, -0.1) is 0 Å². The number of fused-ring (bicyclic) bond motifs is 3. The minimum Gasteiger partial charge on any atom is -0.386 e. The zero-order valence-electron chi connectivity index (χ0n) is 20.6. The molecule has 0 radical (unpaired) electrons. The highest BCUT2D eigenvalue weighted by Crippen LogP contribution is 2.49. The van der Waals surface area contributed by atoms with Crippen molar-refractivity contribution >= 4 is 17.3 Å². The monoisotopic (exact) mass is 512 g/mol. The first kappa shape index (κ1) is 25.2. The van der Waals surface area contributed by atoms with Gasteiger partial charge in [0.25, 0.3) is 5.91 Å². The minimum atomic E-state index is -4.64. The van der Waals surface area contributed by atoms with E-state index in [4.69, 9.17) is 4.74 Å². The van der Waals surface area contributed by atoms with Crippen LogP contribution in [0.2, 0.25) is 0 Å². The van der Waals surface area contributed by atoms with Gasteiger partial charge in [-0.25, -0.2) is 0 Å². The van der Waals surface area contributed by atoms with E-state index in [1.54, 1.807) is 18.3 Å². The molecule has 0 aliphatic carbocycles. The highest BCUT2D eigenvalue weighted by molar-refractivity contribution is 6.04. The van der Waals surface area contributed by atoms with Gasteiger partial charge >= 0.3 is 6.18 Å². The van der Waals surface area contributed by atoms with Crippen molar-refractivity contribution in [1.29, 1.82) is 0 Å². The number of rotatable bonds is 3. The summed E-state index contributed by atoms with van der Waals surface area (Å²) < 4.78 is 44.7. The standard InChI is InChI=1S/C27H27F3N4O3/c1-15-4-5-18(33-25(36)16-6-7-31-21(11-16)27(28,29)30)12-19(15)17-10-20-23(32-13-17)24(35)26(2,3)22-14-37-9-8-34(20)22/h4-7,10-13,22,24,35H,8-9,14H2,1-3H3,(H,33,36). The van der Waals surface area contributed by atoms with Crippen molar-refractivity contribution in [3.05, 3.63) is 71.3 Å². The largest absolute Gasteiger partial charge is 0.433 e. The second-order valence-corrected chi connectivity index (χ2v) is 10.0. The van der Waals surface area contributed by atoms with Crippen molar-refractivity contribution < 1.29 is 27.8 Å². The van der Waals surface area contributed by atoms with Crippen LogP contribution in [-0.2, 0) is 10.9 Å². The number of hydrogen-bond donors (Lipinski definition) is 2. The summed E-state index contributed by atoms with van der Waals surface area (Å²) in [6.07, 6.45) is -2.74. The number of aliphatic hydroxyl groups excluding tert-OH is 1. The van der Waals surface area contributed by atoms with E-state index in [2.05, 4.69) is 20.2 Å². The van der Waals surface area contributed by atoms with E-state index in [0.29, 0.717) is 31.1 Å². The van der Waals surface area contributed by atoms with Crippen molar-refractivity contribution in [3.63, 3.8) is 0 Å². The summed E-state index contributed by atoms with van der Waals surface area (Å²) in [7, 11) is 0. The van der Waals surface area contributed by atoms with Gasteiger partial charge in [-0.2, -0.15) is 13.2 Å². The molecule has 2 atom stereocenters. The third-order valence-corrected chi connectivity index (χ3v) is 7.28. The number of carbonyl (C=O) groups excluding carboxylic acids is 1. The lowest BCUT2D eigenvalue weighted by atomic mass is 9.73. The second kappa shape index (κ2) is 9.11. The number of anilines is 2. The summed E-state index contributed by atoms with van der Waals surface area (Å²) in [4.78, 5) is 22.9. The molecule has 0 spiro atoms. The predicted molar refractivity (Wildman–Crippen MR) is 132 cm³/mol. The van der Waals surface area contributed by atoms with E-state index in [1.165, 1.54) is 6.07 Å². The third-order valence-electron chi connectivity index (χ3n) is 7.28. The number of aliphatic hydroxyl groups is 1. The van der Waals surface area contributed by atoms with Gasteiger partial charge in [0.05, 0.1) is 30.6 Å². The Hall–Kier alpha value is -3.50. The first-order chi connectivity index (χ1) is 17.5. The number of benzene rings is 1. The topological polar surface area (TPSA) is 87.6 Å². The molecule has 4 heterocycles. The summed E-state index contributed by atoms with van der Waals surface area (Å²) >= 11 is 0. The maximum atomic E-state index is 13.0. The van der Waals surface area contributed by atoms with E-state index >= 15 is 0 Å². The fourth-order valence-electron chi connectivity index (χ4n) is 5.04. The molecule has 0 saturated carbocycles. The molecule has 1 fully saturated rings. The molecule has 2 aromatic heterocycles. The van der Waals surface area contributed by atoms with Crippen LogP contribution in [0.1, 0.15) is 47.3 Å². The molecule has 1 aromatic carbocycles. The summed E-state index contributed by atoms with van der Waals surface area (Å²) in [6.45, 7) is 7.73. The van der Waals surface area contributed by atoms with Crippen LogP contribution < -0.4 is 10.2 Å². The van der Waals surface area contributed by atoms with E-state index in [0.717, 1.165) is 34.6 Å². The van der Waals surface area contributed by atoms with E-state index < -0.39 is 29.3 Å². The molecule has 2 N–H and O–H groups in total. The van der Waals surface area contributed by atoms with Gasteiger partial charge in [-0.1, -0.05) is 19.9 Å². The third kappa shape index (κ3) is 4.55.